The van der Waals surface area contributed by atoms with E-state index in [0.717, 1.165) is 18.4 Å². The molecule has 1 saturated carbocycles. The molecule has 0 saturated heterocycles. The molecule has 4 N–H and O–H groups in total. The predicted octanol–water partition coefficient (Wildman–Crippen LogP) is 4.32. The van der Waals surface area contributed by atoms with Crippen molar-refractivity contribution < 1.29 is 14.3 Å². The third-order valence-electron chi connectivity index (χ3n) is 5.68. The zero-order valence-corrected chi connectivity index (χ0v) is 19.5. The van der Waals surface area contributed by atoms with E-state index in [4.69, 9.17) is 10.5 Å². The van der Waals surface area contributed by atoms with Gasteiger partial charge in [0.2, 0.25) is 11.8 Å². The summed E-state index contributed by atoms with van der Waals surface area (Å²) in [6.07, 6.45) is 3.50. The minimum atomic E-state index is -0.554. The van der Waals surface area contributed by atoms with Gasteiger partial charge < -0.3 is 21.1 Å². The Labute approximate surface area is 202 Å². The molecular formula is C26H26N6O3. The quantitative estimate of drug-likeness (QED) is 0.370. The lowest BCUT2D eigenvalue weighted by atomic mass is 9.94. The minimum absolute atomic E-state index is 0.0353. The maximum absolute atomic E-state index is 12.8. The number of aromatic nitrogens is 3. The van der Waals surface area contributed by atoms with Crippen molar-refractivity contribution in [3.8, 4) is 11.6 Å². The molecule has 2 aromatic heterocycles. The number of rotatable bonds is 7. The van der Waals surface area contributed by atoms with Gasteiger partial charge in [-0.25, -0.2) is 9.50 Å². The summed E-state index contributed by atoms with van der Waals surface area (Å²) in [4.78, 5) is 29.2. The van der Waals surface area contributed by atoms with Gasteiger partial charge in [0.1, 0.15) is 5.75 Å². The van der Waals surface area contributed by atoms with Crippen LogP contribution in [0.1, 0.15) is 42.6 Å². The molecule has 0 radical (unpaired) electrons. The normalized spacial score (nSPS) is 13.5. The first-order chi connectivity index (χ1) is 16.7. The van der Waals surface area contributed by atoms with Crippen molar-refractivity contribution in [2.45, 2.75) is 32.2 Å². The maximum Gasteiger partial charge on any atom is 0.256 e. The van der Waals surface area contributed by atoms with E-state index in [1.54, 1.807) is 48.7 Å². The number of anilines is 2. The molecule has 0 aliphatic heterocycles. The average molecular weight is 471 g/mol. The number of ether oxygens (including phenoxy) is 1. The zero-order valence-electron chi connectivity index (χ0n) is 19.5. The standard InChI is InChI=1S/C26H26N6O3/c1-26(2,27)18-6-3-5-17(13-18)25(34)30-21-15-32-22(29-21)11-12-23(31-32)35-20-8-4-7-19(14-20)28-24(33)16-9-10-16/h3-8,11-16H,9-10,27H2,1-2H3,(H,28,33)(H,30,34). The molecule has 1 fully saturated rings. The Kier molecular flexibility index (Phi) is 5.70. The summed E-state index contributed by atoms with van der Waals surface area (Å²) in [5.41, 5.74) is 8.18. The Balaban J connectivity index is 1.29. The van der Waals surface area contributed by atoms with Crippen molar-refractivity contribution in [1.29, 1.82) is 0 Å². The molecule has 178 valence electrons. The van der Waals surface area contributed by atoms with Gasteiger partial charge in [-0.2, -0.15) is 0 Å². The third-order valence-corrected chi connectivity index (χ3v) is 5.68. The summed E-state index contributed by atoms with van der Waals surface area (Å²) in [6, 6.07) is 17.8. The van der Waals surface area contributed by atoms with Crippen LogP contribution in [0.2, 0.25) is 0 Å². The van der Waals surface area contributed by atoms with Crippen molar-refractivity contribution in [2.24, 2.45) is 11.7 Å². The van der Waals surface area contributed by atoms with Gasteiger partial charge in [-0.05, 0) is 62.6 Å². The highest BCUT2D eigenvalue weighted by atomic mass is 16.5. The number of hydrogen-bond donors (Lipinski definition) is 3. The molecule has 0 bridgehead atoms. The monoisotopic (exact) mass is 470 g/mol. The van der Waals surface area contributed by atoms with Gasteiger partial charge in [-0.15, -0.1) is 5.10 Å². The highest BCUT2D eigenvalue weighted by molar-refractivity contribution is 6.04. The van der Waals surface area contributed by atoms with Gasteiger partial charge in [0.15, 0.2) is 11.5 Å². The summed E-state index contributed by atoms with van der Waals surface area (Å²) >= 11 is 0. The van der Waals surface area contributed by atoms with Crippen LogP contribution in [0.5, 0.6) is 11.6 Å². The van der Waals surface area contributed by atoms with Crippen LogP contribution in [0.15, 0.2) is 66.9 Å². The number of imidazole rings is 1. The lowest BCUT2D eigenvalue weighted by Gasteiger charge is -2.19. The van der Waals surface area contributed by atoms with E-state index in [0.29, 0.717) is 34.3 Å². The van der Waals surface area contributed by atoms with Crippen LogP contribution in [-0.4, -0.2) is 26.4 Å². The van der Waals surface area contributed by atoms with Crippen molar-refractivity contribution >= 4 is 29.0 Å². The van der Waals surface area contributed by atoms with E-state index in [1.165, 1.54) is 4.52 Å². The molecule has 2 amide bonds. The second-order valence-electron chi connectivity index (χ2n) is 9.25. The molecule has 1 aliphatic rings. The summed E-state index contributed by atoms with van der Waals surface area (Å²) < 4.78 is 7.41. The Morgan fingerprint density at radius 3 is 2.63 bits per heavy atom. The summed E-state index contributed by atoms with van der Waals surface area (Å²) in [5.74, 6) is 1.12. The fraction of sp³-hybridized carbons (Fsp3) is 0.231. The summed E-state index contributed by atoms with van der Waals surface area (Å²) in [7, 11) is 0. The number of carbonyl (C=O) groups excluding carboxylic acids is 2. The van der Waals surface area contributed by atoms with Crippen LogP contribution < -0.4 is 21.1 Å². The second-order valence-corrected chi connectivity index (χ2v) is 9.25. The van der Waals surface area contributed by atoms with Crippen molar-refractivity contribution in [3.05, 3.63) is 78.0 Å². The van der Waals surface area contributed by atoms with Gasteiger partial charge >= 0.3 is 0 Å². The Hall–Kier alpha value is -4.24. The average Bonchev–Trinajstić information content (AvgIpc) is 3.60. The number of carbonyl (C=O) groups is 2. The fourth-order valence-electron chi connectivity index (χ4n) is 3.58. The number of nitrogens with two attached hydrogens (primary N) is 1. The lowest BCUT2D eigenvalue weighted by Crippen LogP contribution is -2.29. The maximum atomic E-state index is 12.8. The first-order valence-corrected chi connectivity index (χ1v) is 11.4. The highest BCUT2D eigenvalue weighted by Gasteiger charge is 2.29. The van der Waals surface area contributed by atoms with Gasteiger partial charge in [0, 0.05) is 34.8 Å². The number of nitrogens with one attached hydrogen (secondary N) is 2. The number of nitrogens with zero attached hydrogens (tertiary/aromatic N) is 3. The van der Waals surface area contributed by atoms with Crippen LogP contribution >= 0.6 is 0 Å². The fourth-order valence-corrected chi connectivity index (χ4v) is 3.58. The zero-order chi connectivity index (χ0) is 24.6. The Bertz CT molecular complexity index is 1420. The molecule has 0 atom stereocenters. The third kappa shape index (κ3) is 5.30. The van der Waals surface area contributed by atoms with Gasteiger partial charge in [0.25, 0.3) is 5.91 Å². The predicted molar refractivity (Wildman–Crippen MR) is 132 cm³/mol. The van der Waals surface area contributed by atoms with Gasteiger partial charge in [-0.3, -0.25) is 9.59 Å². The highest BCUT2D eigenvalue weighted by Crippen LogP contribution is 2.31. The Morgan fingerprint density at radius 1 is 1.06 bits per heavy atom. The largest absolute Gasteiger partial charge is 0.438 e. The molecule has 1 aliphatic carbocycles. The van der Waals surface area contributed by atoms with Crippen LogP contribution in [0.25, 0.3) is 5.65 Å². The van der Waals surface area contributed by atoms with Crippen molar-refractivity contribution in [2.75, 3.05) is 10.6 Å². The number of amides is 2. The van der Waals surface area contributed by atoms with Crippen LogP contribution in [0, 0.1) is 5.92 Å². The van der Waals surface area contributed by atoms with Gasteiger partial charge in [-0.1, -0.05) is 18.2 Å². The van der Waals surface area contributed by atoms with E-state index in [-0.39, 0.29) is 17.7 Å². The Morgan fingerprint density at radius 2 is 1.86 bits per heavy atom. The van der Waals surface area contributed by atoms with Crippen LogP contribution in [0.3, 0.4) is 0 Å². The van der Waals surface area contributed by atoms with E-state index in [1.807, 2.05) is 32.0 Å². The summed E-state index contributed by atoms with van der Waals surface area (Å²) in [6.45, 7) is 3.77. The van der Waals surface area contributed by atoms with E-state index in [2.05, 4.69) is 20.7 Å². The molecule has 35 heavy (non-hydrogen) atoms. The van der Waals surface area contributed by atoms with Crippen molar-refractivity contribution in [3.63, 3.8) is 0 Å². The molecule has 9 nitrogen and oxygen atoms in total. The second kappa shape index (κ2) is 8.84. The molecule has 4 aromatic rings. The molecule has 2 aromatic carbocycles. The molecule has 9 heteroatoms. The molecule has 2 heterocycles. The summed E-state index contributed by atoms with van der Waals surface area (Å²) in [5, 5.41) is 10.1. The first-order valence-electron chi connectivity index (χ1n) is 11.4. The van der Waals surface area contributed by atoms with Crippen molar-refractivity contribution in [1.82, 2.24) is 14.6 Å². The SMILES string of the molecule is CC(C)(N)c1cccc(C(=O)Nc2cn3nc(Oc4cccc(NC(=O)C5CC5)c4)ccc3n2)c1. The molecule has 5 rings (SSSR count). The van der Waals surface area contributed by atoms with E-state index in [9.17, 15) is 9.59 Å². The number of fused-ring (bicyclic) bond motifs is 1. The number of hydrogen-bond acceptors (Lipinski definition) is 6. The van der Waals surface area contributed by atoms with E-state index >= 15 is 0 Å². The van der Waals surface area contributed by atoms with Crippen LogP contribution in [-0.2, 0) is 10.3 Å². The molecule has 0 spiro atoms. The first kappa shape index (κ1) is 22.5. The lowest BCUT2D eigenvalue weighted by molar-refractivity contribution is -0.117. The van der Waals surface area contributed by atoms with Gasteiger partial charge in [0.05, 0.1) is 6.20 Å². The molecular weight excluding hydrogens is 444 g/mol. The smallest absolute Gasteiger partial charge is 0.256 e. The minimum Gasteiger partial charge on any atom is -0.438 e. The number of benzene rings is 2. The topological polar surface area (TPSA) is 124 Å². The van der Waals surface area contributed by atoms with E-state index < -0.39 is 5.54 Å². The van der Waals surface area contributed by atoms with Crippen LogP contribution in [0.4, 0.5) is 11.5 Å². The molecule has 0 unspecified atom stereocenters.